The predicted octanol–water partition coefficient (Wildman–Crippen LogP) is 2.50. The summed E-state index contributed by atoms with van der Waals surface area (Å²) < 4.78 is 2.04. The summed E-state index contributed by atoms with van der Waals surface area (Å²) >= 11 is 1.72. The maximum atomic E-state index is 12.4. The monoisotopic (exact) mass is 346 g/mol. The lowest BCUT2D eigenvalue weighted by molar-refractivity contribution is -0.121. The number of hydrogen-bond donors (Lipinski definition) is 1. The fraction of sp³-hybridized carbons (Fsp3) is 0.556. The number of aromatic nitrogens is 2. The van der Waals surface area contributed by atoms with Gasteiger partial charge in [-0.2, -0.15) is 11.8 Å². The Balaban J connectivity index is 1.65. The lowest BCUT2D eigenvalue weighted by atomic mass is 10.3. The summed E-state index contributed by atoms with van der Waals surface area (Å²) in [6.45, 7) is 5.55. The van der Waals surface area contributed by atoms with E-state index in [0.717, 1.165) is 35.7 Å². The van der Waals surface area contributed by atoms with E-state index in [0.29, 0.717) is 19.1 Å². The summed E-state index contributed by atoms with van der Waals surface area (Å²) in [5, 5.41) is 3.10. The van der Waals surface area contributed by atoms with E-state index >= 15 is 0 Å². The molecule has 1 saturated heterocycles. The van der Waals surface area contributed by atoms with Crippen LogP contribution in [0.2, 0.25) is 0 Å². The van der Waals surface area contributed by atoms with Gasteiger partial charge in [-0.15, -0.1) is 0 Å². The molecule has 0 radical (unpaired) electrons. The van der Waals surface area contributed by atoms with Crippen molar-refractivity contribution in [3.05, 3.63) is 30.1 Å². The molecule has 2 aromatic rings. The molecule has 2 heterocycles. The van der Waals surface area contributed by atoms with Crippen LogP contribution in [0.25, 0.3) is 11.0 Å². The molecule has 6 heteroatoms. The molecule has 0 spiro atoms. The Morgan fingerprint density at radius 1 is 1.33 bits per heavy atom. The molecular weight excluding hydrogens is 320 g/mol. The zero-order valence-electron chi connectivity index (χ0n) is 14.5. The zero-order valence-corrected chi connectivity index (χ0v) is 15.3. The Bertz CT molecular complexity index is 693. The molecule has 1 aromatic carbocycles. The number of amides is 1. The van der Waals surface area contributed by atoms with Crippen LogP contribution >= 0.6 is 11.8 Å². The van der Waals surface area contributed by atoms with Gasteiger partial charge in [0, 0.05) is 12.6 Å². The fourth-order valence-corrected chi connectivity index (χ4v) is 3.79. The molecule has 24 heavy (non-hydrogen) atoms. The van der Waals surface area contributed by atoms with Crippen molar-refractivity contribution in [3.63, 3.8) is 0 Å². The molecule has 1 fully saturated rings. The smallest absolute Gasteiger partial charge is 0.240 e. The van der Waals surface area contributed by atoms with Crippen LogP contribution in [0.15, 0.2) is 24.3 Å². The van der Waals surface area contributed by atoms with Crippen molar-refractivity contribution in [1.29, 1.82) is 0 Å². The molecule has 1 atom stereocenters. The predicted molar refractivity (Wildman–Crippen MR) is 100 cm³/mol. The topological polar surface area (TPSA) is 50.2 Å². The lowest BCUT2D eigenvalue weighted by Crippen LogP contribution is -2.41. The first kappa shape index (κ1) is 17.3. The van der Waals surface area contributed by atoms with Crippen LogP contribution in [0.4, 0.5) is 0 Å². The van der Waals surface area contributed by atoms with Gasteiger partial charge in [0.25, 0.3) is 0 Å². The molecule has 0 bridgehead atoms. The van der Waals surface area contributed by atoms with Crippen LogP contribution in [0, 0.1) is 0 Å². The van der Waals surface area contributed by atoms with E-state index in [-0.39, 0.29) is 5.91 Å². The van der Waals surface area contributed by atoms with Crippen LogP contribution in [-0.4, -0.2) is 52.3 Å². The minimum Gasteiger partial charge on any atom is -0.353 e. The second-order valence-electron chi connectivity index (χ2n) is 6.43. The Hall–Kier alpha value is -1.53. The van der Waals surface area contributed by atoms with Crippen LogP contribution < -0.4 is 5.32 Å². The van der Waals surface area contributed by atoms with E-state index in [1.54, 1.807) is 11.8 Å². The zero-order chi connectivity index (χ0) is 16.9. The van der Waals surface area contributed by atoms with Gasteiger partial charge in [0.2, 0.25) is 5.91 Å². The number of hydrogen-bond acceptors (Lipinski definition) is 4. The SMILES string of the molecule is CSCc1nc2ccccc2n1CC(=O)NCC(C)N1CCCC1. The molecule has 1 aromatic heterocycles. The first-order chi connectivity index (χ1) is 11.7. The first-order valence-corrected chi connectivity index (χ1v) is 10.0. The van der Waals surface area contributed by atoms with E-state index < -0.39 is 0 Å². The maximum absolute atomic E-state index is 12.4. The van der Waals surface area contributed by atoms with Gasteiger partial charge in [0.1, 0.15) is 12.4 Å². The van der Waals surface area contributed by atoms with Gasteiger partial charge in [-0.3, -0.25) is 9.69 Å². The maximum Gasteiger partial charge on any atom is 0.240 e. The van der Waals surface area contributed by atoms with Crippen LogP contribution in [-0.2, 0) is 17.1 Å². The highest BCUT2D eigenvalue weighted by atomic mass is 32.2. The van der Waals surface area contributed by atoms with Gasteiger partial charge in [0.15, 0.2) is 0 Å². The van der Waals surface area contributed by atoms with Crippen molar-refractivity contribution in [3.8, 4) is 0 Å². The lowest BCUT2D eigenvalue weighted by Gasteiger charge is -2.24. The Morgan fingerprint density at radius 3 is 2.83 bits per heavy atom. The number of nitrogens with one attached hydrogen (secondary N) is 1. The average Bonchev–Trinajstić information content (AvgIpc) is 3.22. The number of imidazole rings is 1. The first-order valence-electron chi connectivity index (χ1n) is 8.63. The van der Waals surface area contributed by atoms with Crippen molar-refractivity contribution in [2.75, 3.05) is 25.9 Å². The molecule has 1 N–H and O–H groups in total. The van der Waals surface area contributed by atoms with Gasteiger partial charge in [-0.1, -0.05) is 12.1 Å². The van der Waals surface area contributed by atoms with Gasteiger partial charge in [-0.25, -0.2) is 4.98 Å². The highest BCUT2D eigenvalue weighted by molar-refractivity contribution is 7.97. The molecule has 1 amide bonds. The summed E-state index contributed by atoms with van der Waals surface area (Å²) in [5.41, 5.74) is 1.99. The van der Waals surface area contributed by atoms with Crippen LogP contribution in [0.3, 0.4) is 0 Å². The molecule has 0 saturated carbocycles. The highest BCUT2D eigenvalue weighted by Crippen LogP contribution is 2.19. The third kappa shape index (κ3) is 3.92. The van der Waals surface area contributed by atoms with Crippen molar-refractivity contribution in [2.45, 2.75) is 38.1 Å². The van der Waals surface area contributed by atoms with E-state index in [1.165, 1.54) is 12.8 Å². The number of nitrogens with zero attached hydrogens (tertiary/aromatic N) is 3. The molecule has 1 unspecified atom stereocenters. The van der Waals surface area contributed by atoms with Crippen LogP contribution in [0.1, 0.15) is 25.6 Å². The number of thioether (sulfide) groups is 1. The summed E-state index contributed by atoms with van der Waals surface area (Å²) in [5.74, 6) is 1.84. The fourth-order valence-electron chi connectivity index (χ4n) is 3.31. The number of likely N-dealkylation sites (tertiary alicyclic amines) is 1. The number of benzene rings is 1. The quantitative estimate of drug-likeness (QED) is 0.837. The molecule has 130 valence electrons. The van der Waals surface area contributed by atoms with E-state index in [2.05, 4.69) is 28.4 Å². The third-order valence-corrected chi connectivity index (χ3v) is 5.21. The second-order valence-corrected chi connectivity index (χ2v) is 7.30. The number of fused-ring (bicyclic) bond motifs is 1. The summed E-state index contributed by atoms with van der Waals surface area (Å²) in [6, 6.07) is 8.42. The Labute approximate surface area is 147 Å². The van der Waals surface area contributed by atoms with E-state index in [9.17, 15) is 4.79 Å². The second kappa shape index (κ2) is 8.03. The van der Waals surface area contributed by atoms with Gasteiger partial charge < -0.3 is 9.88 Å². The van der Waals surface area contributed by atoms with E-state index in [1.807, 2.05) is 28.8 Å². The van der Waals surface area contributed by atoms with Crippen molar-refractivity contribution < 1.29 is 4.79 Å². The van der Waals surface area contributed by atoms with Crippen molar-refractivity contribution in [2.24, 2.45) is 0 Å². The minimum absolute atomic E-state index is 0.0616. The highest BCUT2D eigenvalue weighted by Gasteiger charge is 2.19. The molecule has 0 aliphatic carbocycles. The molecule has 5 nitrogen and oxygen atoms in total. The van der Waals surface area contributed by atoms with Crippen molar-refractivity contribution in [1.82, 2.24) is 19.8 Å². The van der Waals surface area contributed by atoms with Gasteiger partial charge in [-0.05, 0) is 51.2 Å². The molecule has 1 aliphatic rings. The number of rotatable bonds is 7. The summed E-state index contributed by atoms with van der Waals surface area (Å²) in [7, 11) is 0. The Morgan fingerprint density at radius 2 is 2.08 bits per heavy atom. The largest absolute Gasteiger partial charge is 0.353 e. The third-order valence-electron chi connectivity index (χ3n) is 4.67. The summed E-state index contributed by atoms with van der Waals surface area (Å²) in [6.07, 6.45) is 4.61. The van der Waals surface area contributed by atoms with Crippen molar-refractivity contribution >= 4 is 28.7 Å². The molecule has 1 aliphatic heterocycles. The normalized spacial score (nSPS) is 16.6. The van der Waals surface area contributed by atoms with Gasteiger partial charge in [0.05, 0.1) is 16.8 Å². The number of carbonyl (C=O) groups excluding carboxylic acids is 1. The van der Waals surface area contributed by atoms with E-state index in [4.69, 9.17) is 0 Å². The average molecular weight is 347 g/mol. The molecular formula is C18H26N4OS. The number of para-hydroxylation sites is 2. The standard InChI is InChI=1S/C18H26N4OS/c1-14(21-9-5-6-10-21)11-19-18(23)12-22-16-8-4-3-7-15(16)20-17(22)13-24-2/h3-4,7-8,14H,5-6,9-13H2,1-2H3,(H,19,23). The Kier molecular flexibility index (Phi) is 5.79. The summed E-state index contributed by atoms with van der Waals surface area (Å²) in [4.78, 5) is 19.6. The minimum atomic E-state index is 0.0616. The van der Waals surface area contributed by atoms with Crippen LogP contribution in [0.5, 0.6) is 0 Å². The van der Waals surface area contributed by atoms with Gasteiger partial charge >= 0.3 is 0 Å². The molecule has 3 rings (SSSR count). The number of carbonyl (C=O) groups is 1.